The molecule has 0 saturated carbocycles. The number of terminal acetylenes is 1. The van der Waals surface area contributed by atoms with Crippen LogP contribution in [0.3, 0.4) is 0 Å². The van der Waals surface area contributed by atoms with Crippen molar-refractivity contribution in [3.63, 3.8) is 0 Å². The predicted molar refractivity (Wildman–Crippen MR) is 50.9 cm³/mol. The molecule has 0 heteroatoms. The van der Waals surface area contributed by atoms with Crippen molar-refractivity contribution in [2.24, 2.45) is 0 Å². The van der Waals surface area contributed by atoms with E-state index in [0.717, 1.165) is 6.42 Å². The summed E-state index contributed by atoms with van der Waals surface area (Å²) >= 11 is 0. The van der Waals surface area contributed by atoms with Crippen LogP contribution in [0, 0.1) is 12.8 Å². The normalized spacial score (nSPS) is 8.40. The van der Waals surface area contributed by atoms with Gasteiger partial charge in [-0.25, -0.2) is 0 Å². The fourth-order valence-electron chi connectivity index (χ4n) is 0.326. The van der Waals surface area contributed by atoms with E-state index in [1.807, 2.05) is 19.1 Å². The highest BCUT2D eigenvalue weighted by Gasteiger charge is 1.57. The van der Waals surface area contributed by atoms with Gasteiger partial charge in [0, 0.05) is 0 Å². The third kappa shape index (κ3) is 27.8. The molecule has 0 saturated heterocycles. The van der Waals surface area contributed by atoms with Gasteiger partial charge in [-0.15, -0.1) is 12.8 Å². The van der Waals surface area contributed by atoms with Gasteiger partial charge in [-0.1, -0.05) is 38.7 Å². The van der Waals surface area contributed by atoms with E-state index in [4.69, 9.17) is 0 Å². The number of rotatable bonds is 2. The van der Waals surface area contributed by atoms with Gasteiger partial charge in [0.25, 0.3) is 0 Å². The van der Waals surface area contributed by atoms with E-state index in [1.54, 1.807) is 0 Å². The largest absolute Gasteiger partial charge is 0.124 e. The molecule has 0 aromatic carbocycles. The maximum absolute atomic E-state index is 4.00. The second-order valence-corrected chi connectivity index (χ2v) is 1.36. The van der Waals surface area contributed by atoms with Gasteiger partial charge in [0.1, 0.15) is 0 Å². The number of hydrogen-bond acceptors (Lipinski definition) is 0. The summed E-state index contributed by atoms with van der Waals surface area (Å²) in [6, 6.07) is 0. The lowest BCUT2D eigenvalue weighted by atomic mass is 10.4. The van der Waals surface area contributed by atoms with E-state index in [-0.39, 0.29) is 7.43 Å². The van der Waals surface area contributed by atoms with Gasteiger partial charge in [0.2, 0.25) is 0 Å². The molecule has 0 unspecified atom stereocenters. The number of allylic oxidation sites excluding steroid dienone is 4. The molecule has 0 aliphatic heterocycles. The Morgan fingerprint density at radius 3 is 2.00 bits per heavy atom. The van der Waals surface area contributed by atoms with Crippen molar-refractivity contribution in [3.8, 4) is 12.8 Å². The van der Waals surface area contributed by atoms with Crippen molar-refractivity contribution in [1.82, 2.24) is 0 Å². The van der Waals surface area contributed by atoms with Crippen LogP contribution in [0.15, 0.2) is 24.3 Å². The molecule has 0 aliphatic rings. The first kappa shape index (κ1) is 16.0. The summed E-state index contributed by atoms with van der Waals surface area (Å²) in [4.78, 5) is 0. The molecule has 0 bridgehead atoms. The first-order valence-electron chi connectivity index (χ1n) is 3.03. The van der Waals surface area contributed by atoms with Gasteiger partial charge in [0.05, 0.1) is 0 Å². The zero-order valence-corrected chi connectivity index (χ0v) is 6.17. The van der Waals surface area contributed by atoms with Gasteiger partial charge >= 0.3 is 0 Å². The van der Waals surface area contributed by atoms with E-state index in [9.17, 15) is 0 Å². The molecule has 0 spiro atoms. The lowest BCUT2D eigenvalue weighted by molar-refractivity contribution is 1.22. The lowest BCUT2D eigenvalue weighted by Crippen LogP contribution is -1.48. The van der Waals surface area contributed by atoms with Crippen LogP contribution in [-0.4, -0.2) is 0 Å². The van der Waals surface area contributed by atoms with Crippen LogP contribution in [0.4, 0.5) is 0 Å². The molecule has 0 rings (SSSR count). The quantitative estimate of drug-likeness (QED) is 0.405. The van der Waals surface area contributed by atoms with Crippen molar-refractivity contribution < 1.29 is 0 Å². The Morgan fingerprint density at radius 2 is 1.70 bits per heavy atom. The Kier molecular flexibility index (Phi) is 39.1. The summed E-state index contributed by atoms with van der Waals surface area (Å²) in [7, 11) is 0. The molecule has 0 atom stereocenters. The van der Waals surface area contributed by atoms with Gasteiger partial charge in [-0.2, -0.15) is 0 Å². The Balaban J connectivity index is -0.000000149. The fourth-order valence-corrected chi connectivity index (χ4v) is 0.326. The van der Waals surface area contributed by atoms with Gasteiger partial charge < -0.3 is 0 Å². The minimum absolute atomic E-state index is 0. The Hall–Kier alpha value is -0.960. The van der Waals surface area contributed by atoms with E-state index in [2.05, 4.69) is 31.9 Å². The van der Waals surface area contributed by atoms with Crippen molar-refractivity contribution >= 4 is 0 Å². The third-order valence-electron chi connectivity index (χ3n) is 0.675. The Morgan fingerprint density at radius 1 is 1.20 bits per heavy atom. The standard InChI is InChI=1S/C7H12.C2H2.CH4/c1-3-5-7-6-4-2;1-2;/h3,5-7H,4H2,1-2H3;1-2H;1H4/b5-3-,7-6-;;. The Labute approximate surface area is 65.7 Å². The molecule has 0 aromatic rings. The van der Waals surface area contributed by atoms with Crippen molar-refractivity contribution in [2.75, 3.05) is 0 Å². The van der Waals surface area contributed by atoms with E-state index < -0.39 is 0 Å². The first-order valence-corrected chi connectivity index (χ1v) is 3.03. The molecule has 0 aromatic heterocycles. The summed E-state index contributed by atoms with van der Waals surface area (Å²) in [5, 5.41) is 0. The third-order valence-corrected chi connectivity index (χ3v) is 0.675. The summed E-state index contributed by atoms with van der Waals surface area (Å²) < 4.78 is 0. The second-order valence-electron chi connectivity index (χ2n) is 1.36. The maximum Gasteiger partial charge on any atom is -0.0376 e. The van der Waals surface area contributed by atoms with Crippen LogP contribution in [0.5, 0.6) is 0 Å². The minimum Gasteiger partial charge on any atom is -0.124 e. The van der Waals surface area contributed by atoms with Crippen LogP contribution >= 0.6 is 0 Å². The smallest absolute Gasteiger partial charge is 0.0376 e. The number of hydrogen-bond donors (Lipinski definition) is 0. The molecule has 0 fully saturated rings. The fraction of sp³-hybridized carbons (Fsp3) is 0.400. The zero-order valence-electron chi connectivity index (χ0n) is 6.17. The highest BCUT2D eigenvalue weighted by molar-refractivity contribution is 5.00. The SMILES string of the molecule is C.C#C.C/C=C\C=C/CC. The molecular weight excluding hydrogens is 120 g/mol. The molecule has 0 amide bonds. The summed E-state index contributed by atoms with van der Waals surface area (Å²) in [5.74, 6) is 0. The van der Waals surface area contributed by atoms with Crippen molar-refractivity contribution in [1.29, 1.82) is 0 Å². The van der Waals surface area contributed by atoms with Crippen LogP contribution in [0.2, 0.25) is 0 Å². The lowest BCUT2D eigenvalue weighted by Gasteiger charge is -1.70. The summed E-state index contributed by atoms with van der Waals surface area (Å²) in [6.07, 6.45) is 17.4. The van der Waals surface area contributed by atoms with Gasteiger partial charge in [-0.3, -0.25) is 0 Å². The average Bonchev–Trinajstić information content (AvgIpc) is 1.94. The van der Waals surface area contributed by atoms with Crippen LogP contribution in [0.25, 0.3) is 0 Å². The Bertz CT molecular complexity index is 93.9. The van der Waals surface area contributed by atoms with E-state index in [0.29, 0.717) is 0 Å². The zero-order chi connectivity index (χ0) is 7.54. The van der Waals surface area contributed by atoms with Crippen LogP contribution in [-0.2, 0) is 0 Å². The summed E-state index contributed by atoms with van der Waals surface area (Å²) in [6.45, 7) is 4.14. The molecule has 58 valence electrons. The molecule has 10 heavy (non-hydrogen) atoms. The highest BCUT2D eigenvalue weighted by Crippen LogP contribution is 1.79. The molecular formula is C10H18. The average molecular weight is 138 g/mol. The first-order chi connectivity index (χ1) is 4.41. The van der Waals surface area contributed by atoms with E-state index in [1.165, 1.54) is 0 Å². The summed E-state index contributed by atoms with van der Waals surface area (Å²) in [5.41, 5.74) is 0. The molecule has 0 heterocycles. The second kappa shape index (κ2) is 24.4. The van der Waals surface area contributed by atoms with Gasteiger partial charge in [-0.05, 0) is 13.3 Å². The predicted octanol–water partition coefficient (Wildman–Crippen LogP) is 3.41. The van der Waals surface area contributed by atoms with Crippen molar-refractivity contribution in [2.45, 2.75) is 27.7 Å². The maximum atomic E-state index is 4.00. The molecule has 0 radical (unpaired) electrons. The molecule has 0 nitrogen and oxygen atoms in total. The molecule has 0 aliphatic carbocycles. The van der Waals surface area contributed by atoms with Crippen LogP contribution in [0.1, 0.15) is 27.7 Å². The van der Waals surface area contributed by atoms with E-state index >= 15 is 0 Å². The van der Waals surface area contributed by atoms with Crippen molar-refractivity contribution in [3.05, 3.63) is 24.3 Å². The van der Waals surface area contributed by atoms with Crippen LogP contribution < -0.4 is 0 Å². The topological polar surface area (TPSA) is 0 Å². The minimum atomic E-state index is 0. The monoisotopic (exact) mass is 138 g/mol. The molecule has 0 N–H and O–H groups in total. The van der Waals surface area contributed by atoms with Gasteiger partial charge in [0.15, 0.2) is 0 Å². The highest BCUT2D eigenvalue weighted by atomic mass is 13.6.